The van der Waals surface area contributed by atoms with Crippen LogP contribution in [0.2, 0.25) is 0 Å². The molecule has 0 bridgehead atoms. The molecule has 29 heavy (non-hydrogen) atoms. The highest BCUT2D eigenvalue weighted by Gasteiger charge is 2.61. The minimum Gasteiger partial charge on any atom is -0.481 e. The van der Waals surface area contributed by atoms with Crippen LogP contribution in [0.15, 0.2) is 54.9 Å². The lowest BCUT2D eigenvalue weighted by Gasteiger charge is -2.20. The number of benzene rings is 2. The first-order valence-electron chi connectivity index (χ1n) is 8.02. The monoisotopic (exact) mass is 413 g/mol. The molecule has 0 saturated heterocycles. The SMILES string of the molecule is O=C(O)Cc1ccc(-c2ncn(-c3ccc(OC(F)(F)C(F)(F)F)cc3)n2)cc1. The van der Waals surface area contributed by atoms with Crippen LogP contribution in [-0.4, -0.2) is 38.1 Å². The molecule has 1 aromatic heterocycles. The van der Waals surface area contributed by atoms with E-state index in [1.807, 2.05) is 0 Å². The smallest absolute Gasteiger partial charge is 0.481 e. The van der Waals surface area contributed by atoms with Crippen molar-refractivity contribution in [1.82, 2.24) is 14.8 Å². The molecule has 0 aliphatic carbocycles. The van der Waals surface area contributed by atoms with Crippen molar-refractivity contribution >= 4 is 5.97 Å². The second-order valence-electron chi connectivity index (χ2n) is 5.89. The van der Waals surface area contributed by atoms with E-state index in [9.17, 15) is 26.7 Å². The number of carbonyl (C=O) groups is 1. The first-order chi connectivity index (χ1) is 13.5. The van der Waals surface area contributed by atoms with Gasteiger partial charge in [-0.15, -0.1) is 5.10 Å². The first-order valence-corrected chi connectivity index (χ1v) is 8.02. The van der Waals surface area contributed by atoms with Gasteiger partial charge in [0.15, 0.2) is 5.82 Å². The fourth-order valence-electron chi connectivity index (χ4n) is 2.34. The van der Waals surface area contributed by atoms with Gasteiger partial charge in [0.1, 0.15) is 12.1 Å². The molecular formula is C18H12F5N3O3. The third kappa shape index (κ3) is 4.68. The van der Waals surface area contributed by atoms with Gasteiger partial charge < -0.3 is 9.84 Å². The van der Waals surface area contributed by atoms with Crippen LogP contribution in [0.25, 0.3) is 17.1 Å². The molecule has 0 saturated carbocycles. The maximum Gasteiger partial charge on any atom is 0.499 e. The fourth-order valence-corrected chi connectivity index (χ4v) is 2.34. The zero-order valence-corrected chi connectivity index (χ0v) is 14.4. The molecule has 0 fully saturated rings. The van der Waals surface area contributed by atoms with Gasteiger partial charge in [-0.2, -0.15) is 22.0 Å². The van der Waals surface area contributed by atoms with E-state index >= 15 is 0 Å². The van der Waals surface area contributed by atoms with E-state index in [2.05, 4.69) is 14.8 Å². The van der Waals surface area contributed by atoms with Crippen molar-refractivity contribution < 1.29 is 36.6 Å². The molecule has 6 nitrogen and oxygen atoms in total. The molecule has 0 amide bonds. The molecule has 0 spiro atoms. The number of carboxylic acids is 1. The van der Waals surface area contributed by atoms with Crippen LogP contribution in [0, 0.1) is 0 Å². The van der Waals surface area contributed by atoms with Gasteiger partial charge in [-0.05, 0) is 29.8 Å². The summed E-state index contributed by atoms with van der Waals surface area (Å²) in [6.45, 7) is 0. The summed E-state index contributed by atoms with van der Waals surface area (Å²) >= 11 is 0. The number of aliphatic carboxylic acids is 1. The Morgan fingerprint density at radius 3 is 2.17 bits per heavy atom. The van der Waals surface area contributed by atoms with Gasteiger partial charge in [0.2, 0.25) is 0 Å². The normalized spacial score (nSPS) is 12.0. The quantitative estimate of drug-likeness (QED) is 0.616. The van der Waals surface area contributed by atoms with Crippen molar-refractivity contribution in [2.45, 2.75) is 18.7 Å². The molecular weight excluding hydrogens is 401 g/mol. The zero-order chi connectivity index (χ0) is 21.2. The lowest BCUT2D eigenvalue weighted by Crippen LogP contribution is -2.41. The van der Waals surface area contributed by atoms with Crippen molar-refractivity contribution in [2.75, 3.05) is 0 Å². The molecule has 3 rings (SSSR count). The molecule has 1 heterocycles. The van der Waals surface area contributed by atoms with Crippen LogP contribution in [-0.2, 0) is 11.2 Å². The predicted molar refractivity (Wildman–Crippen MR) is 89.8 cm³/mol. The highest BCUT2D eigenvalue weighted by Crippen LogP contribution is 2.37. The van der Waals surface area contributed by atoms with Crippen LogP contribution < -0.4 is 4.74 Å². The highest BCUT2D eigenvalue weighted by atomic mass is 19.4. The van der Waals surface area contributed by atoms with Gasteiger partial charge in [0, 0.05) is 5.56 Å². The second-order valence-corrected chi connectivity index (χ2v) is 5.89. The average Bonchev–Trinajstić information content (AvgIpc) is 3.11. The van der Waals surface area contributed by atoms with Crippen LogP contribution >= 0.6 is 0 Å². The number of hydrogen-bond donors (Lipinski definition) is 1. The van der Waals surface area contributed by atoms with Gasteiger partial charge in [-0.1, -0.05) is 24.3 Å². The Kier molecular flexibility index (Phi) is 5.23. The van der Waals surface area contributed by atoms with Gasteiger partial charge in [-0.25, -0.2) is 9.67 Å². The third-order valence-corrected chi connectivity index (χ3v) is 3.74. The summed E-state index contributed by atoms with van der Waals surface area (Å²) in [5, 5.41) is 13.0. The highest BCUT2D eigenvalue weighted by molar-refractivity contribution is 5.70. The van der Waals surface area contributed by atoms with E-state index in [4.69, 9.17) is 5.11 Å². The van der Waals surface area contributed by atoms with E-state index in [-0.39, 0.29) is 6.42 Å². The molecule has 0 radical (unpaired) electrons. The predicted octanol–water partition coefficient (Wildman–Crippen LogP) is 4.10. The Labute approximate surface area is 160 Å². The Morgan fingerprint density at radius 2 is 1.62 bits per heavy atom. The summed E-state index contributed by atoms with van der Waals surface area (Å²) in [6, 6.07) is 10.9. The molecule has 152 valence electrons. The number of aromatic nitrogens is 3. The van der Waals surface area contributed by atoms with Gasteiger partial charge in [0.05, 0.1) is 12.1 Å². The van der Waals surface area contributed by atoms with E-state index in [0.717, 1.165) is 12.1 Å². The lowest BCUT2D eigenvalue weighted by atomic mass is 10.1. The Hall–Kier alpha value is -3.50. The Balaban J connectivity index is 1.74. The lowest BCUT2D eigenvalue weighted by molar-refractivity contribution is -0.360. The van der Waals surface area contributed by atoms with Crippen molar-refractivity contribution in [3.8, 4) is 22.8 Å². The fraction of sp³-hybridized carbons (Fsp3) is 0.167. The summed E-state index contributed by atoms with van der Waals surface area (Å²) in [5.74, 6) is -1.30. The third-order valence-electron chi connectivity index (χ3n) is 3.74. The molecule has 2 aromatic carbocycles. The number of halogens is 5. The first kappa shape index (κ1) is 20.2. The zero-order valence-electron chi connectivity index (χ0n) is 14.4. The van der Waals surface area contributed by atoms with Crippen molar-refractivity contribution in [3.05, 3.63) is 60.4 Å². The largest absolute Gasteiger partial charge is 0.499 e. The minimum atomic E-state index is -5.83. The van der Waals surface area contributed by atoms with E-state index in [1.54, 1.807) is 24.3 Å². The van der Waals surface area contributed by atoms with Crippen LogP contribution in [0.1, 0.15) is 5.56 Å². The van der Waals surface area contributed by atoms with Crippen molar-refractivity contribution in [3.63, 3.8) is 0 Å². The van der Waals surface area contributed by atoms with E-state index < -0.39 is 24.0 Å². The van der Waals surface area contributed by atoms with Crippen molar-refractivity contribution in [1.29, 1.82) is 0 Å². The molecule has 0 unspecified atom stereocenters. The molecule has 0 aliphatic rings. The number of rotatable bonds is 6. The molecule has 0 atom stereocenters. The number of ether oxygens (including phenoxy) is 1. The standard InChI is InChI=1S/C18H12F5N3O3/c19-17(20,21)18(22,23)29-14-7-5-13(6-8-14)26-10-24-16(25-26)12-3-1-11(2-4-12)9-15(27)28/h1-8,10H,9H2,(H,27,28). The summed E-state index contributed by atoms with van der Waals surface area (Å²) in [6.07, 6.45) is -9.92. The van der Waals surface area contributed by atoms with Gasteiger partial charge >= 0.3 is 18.3 Å². The maximum absolute atomic E-state index is 12.9. The van der Waals surface area contributed by atoms with Gasteiger partial charge in [-0.3, -0.25) is 4.79 Å². The summed E-state index contributed by atoms with van der Waals surface area (Å²) < 4.78 is 67.4. The summed E-state index contributed by atoms with van der Waals surface area (Å²) in [4.78, 5) is 14.8. The molecule has 3 aromatic rings. The van der Waals surface area contributed by atoms with E-state index in [0.29, 0.717) is 22.6 Å². The summed E-state index contributed by atoms with van der Waals surface area (Å²) in [5.41, 5.74) is 1.57. The van der Waals surface area contributed by atoms with Crippen LogP contribution in [0.5, 0.6) is 5.75 Å². The second kappa shape index (κ2) is 7.49. The number of hydrogen-bond acceptors (Lipinski definition) is 4. The Morgan fingerprint density at radius 1 is 1.00 bits per heavy atom. The summed E-state index contributed by atoms with van der Waals surface area (Å²) in [7, 11) is 0. The van der Waals surface area contributed by atoms with Gasteiger partial charge in [0.25, 0.3) is 0 Å². The number of carboxylic acid groups (broad SMARTS) is 1. The number of alkyl halides is 5. The average molecular weight is 413 g/mol. The van der Waals surface area contributed by atoms with Crippen LogP contribution in [0.3, 0.4) is 0 Å². The van der Waals surface area contributed by atoms with E-state index in [1.165, 1.54) is 23.1 Å². The molecule has 11 heteroatoms. The van der Waals surface area contributed by atoms with Crippen molar-refractivity contribution in [2.24, 2.45) is 0 Å². The van der Waals surface area contributed by atoms with Crippen LogP contribution in [0.4, 0.5) is 22.0 Å². The topological polar surface area (TPSA) is 77.2 Å². The number of nitrogens with zero attached hydrogens (tertiary/aromatic N) is 3. The molecule has 1 N–H and O–H groups in total. The Bertz CT molecular complexity index is 999. The molecule has 0 aliphatic heterocycles. The minimum absolute atomic E-state index is 0.121. The maximum atomic E-state index is 12.9.